The number of rotatable bonds is 7. The maximum absolute atomic E-state index is 14.1. The molecule has 2 aliphatic heterocycles. The van der Waals surface area contributed by atoms with E-state index in [4.69, 9.17) is 4.98 Å². The molecule has 5 nitrogen and oxygen atoms in total. The predicted octanol–water partition coefficient (Wildman–Crippen LogP) is 10.6. The van der Waals surface area contributed by atoms with Crippen molar-refractivity contribution in [3.05, 3.63) is 135 Å². The quantitative estimate of drug-likeness (QED) is 0.167. The highest BCUT2D eigenvalue weighted by Gasteiger charge is 2.45. The van der Waals surface area contributed by atoms with Crippen molar-refractivity contribution in [3.63, 3.8) is 0 Å². The molecule has 2 saturated heterocycles. The van der Waals surface area contributed by atoms with Crippen molar-refractivity contribution in [3.8, 4) is 10.6 Å². The Kier molecular flexibility index (Phi) is 10.0. The van der Waals surface area contributed by atoms with E-state index in [1.807, 2.05) is 35.7 Å². The zero-order valence-electron chi connectivity index (χ0n) is 30.4. The Hall–Kier alpha value is -4.07. The van der Waals surface area contributed by atoms with Crippen molar-refractivity contribution >= 4 is 34.5 Å². The van der Waals surface area contributed by atoms with E-state index in [0.717, 1.165) is 72.8 Å². The van der Waals surface area contributed by atoms with Crippen molar-refractivity contribution in [1.29, 1.82) is 0 Å². The summed E-state index contributed by atoms with van der Waals surface area (Å²) in [5, 5.41) is 5.07. The van der Waals surface area contributed by atoms with E-state index in [9.17, 15) is 9.59 Å². The van der Waals surface area contributed by atoms with Crippen molar-refractivity contribution < 1.29 is 9.59 Å². The molecule has 7 heteroatoms. The molecule has 0 N–H and O–H groups in total. The molecule has 0 spiro atoms. The first-order valence-corrected chi connectivity index (χ1v) is 21.6. The Labute approximate surface area is 322 Å². The van der Waals surface area contributed by atoms with E-state index in [2.05, 4.69) is 81.9 Å². The Bertz CT molecular complexity index is 2010. The van der Waals surface area contributed by atoms with Gasteiger partial charge in [-0.1, -0.05) is 104 Å². The first kappa shape index (κ1) is 34.7. The third kappa shape index (κ3) is 7.03. The van der Waals surface area contributed by atoms with Crippen LogP contribution in [0.25, 0.3) is 10.6 Å². The summed E-state index contributed by atoms with van der Waals surface area (Å²) in [4.78, 5) is 37.9. The van der Waals surface area contributed by atoms with Gasteiger partial charge in [0.2, 0.25) is 5.91 Å². The maximum Gasteiger partial charge on any atom is 0.264 e. The van der Waals surface area contributed by atoms with E-state index in [1.165, 1.54) is 36.0 Å². The summed E-state index contributed by atoms with van der Waals surface area (Å²) in [6, 6.07) is 35.5. The predicted molar refractivity (Wildman–Crippen MR) is 216 cm³/mol. The van der Waals surface area contributed by atoms with Gasteiger partial charge >= 0.3 is 0 Å². The second-order valence-corrected chi connectivity index (χ2v) is 17.7. The highest BCUT2D eigenvalue weighted by Crippen LogP contribution is 2.50. The smallest absolute Gasteiger partial charge is 0.264 e. The SMILES string of the molecule is O=C(Cc1csc(-c2ccccc2)n1)N1CC[C@@H](c2ccccc2)[C@@H]2CC(c3cccc([C@@H]4CCN(C(=O)c5cccs5)[C@@H]5CCCC[C@H]54)c3)CC[C@H]21. The van der Waals surface area contributed by atoms with E-state index < -0.39 is 0 Å². The molecule has 0 bridgehead atoms. The molecule has 7 atom stereocenters. The molecular formula is C46H49N3O2S2. The first-order chi connectivity index (χ1) is 26.1. The number of nitrogens with zero attached hydrogens (tertiary/aromatic N) is 3. The van der Waals surface area contributed by atoms with E-state index in [0.29, 0.717) is 42.1 Å². The lowest BCUT2D eigenvalue weighted by atomic mass is 9.64. The van der Waals surface area contributed by atoms with Crippen molar-refractivity contribution in [1.82, 2.24) is 14.8 Å². The number of carbonyl (C=O) groups excluding carboxylic acids is 2. The molecule has 4 heterocycles. The average Bonchev–Trinajstić information content (AvgIpc) is 3.94. The van der Waals surface area contributed by atoms with Gasteiger partial charge in [0.05, 0.1) is 17.0 Å². The summed E-state index contributed by atoms with van der Waals surface area (Å²) in [5.74, 6) is 2.83. The van der Waals surface area contributed by atoms with E-state index in [1.54, 1.807) is 22.7 Å². The summed E-state index contributed by atoms with van der Waals surface area (Å²) in [5.41, 5.74) is 6.35. The van der Waals surface area contributed by atoms with Gasteiger partial charge in [-0.2, -0.15) is 0 Å². The van der Waals surface area contributed by atoms with Gasteiger partial charge in [0.1, 0.15) is 5.01 Å². The molecule has 0 radical (unpaired) electrons. The first-order valence-electron chi connectivity index (χ1n) is 19.9. The fourth-order valence-electron chi connectivity index (χ4n) is 10.7. The Morgan fingerprint density at radius 1 is 0.660 bits per heavy atom. The lowest BCUT2D eigenvalue weighted by molar-refractivity contribution is -0.137. The minimum atomic E-state index is 0.225. The third-order valence-corrected chi connectivity index (χ3v) is 14.9. The van der Waals surface area contributed by atoms with Crippen LogP contribution in [0.4, 0.5) is 0 Å². The number of likely N-dealkylation sites (tertiary alicyclic amines) is 2. The summed E-state index contributed by atoms with van der Waals surface area (Å²) < 4.78 is 0. The highest BCUT2D eigenvalue weighted by atomic mass is 32.1. The van der Waals surface area contributed by atoms with Crippen LogP contribution in [0.15, 0.2) is 108 Å². The van der Waals surface area contributed by atoms with Crippen molar-refractivity contribution in [2.45, 2.75) is 94.0 Å². The minimum Gasteiger partial charge on any atom is -0.339 e. The molecule has 2 amide bonds. The molecule has 53 heavy (non-hydrogen) atoms. The average molecular weight is 740 g/mol. The van der Waals surface area contributed by atoms with Crippen LogP contribution in [-0.2, 0) is 11.2 Å². The monoisotopic (exact) mass is 739 g/mol. The zero-order valence-corrected chi connectivity index (χ0v) is 32.0. The largest absolute Gasteiger partial charge is 0.339 e. The molecule has 4 aliphatic rings. The lowest BCUT2D eigenvalue weighted by Gasteiger charge is -2.50. The molecule has 2 aliphatic carbocycles. The van der Waals surface area contributed by atoms with Gasteiger partial charge in [0.15, 0.2) is 0 Å². The van der Waals surface area contributed by atoms with E-state index in [-0.39, 0.29) is 17.9 Å². The van der Waals surface area contributed by atoms with Crippen LogP contribution in [0.1, 0.15) is 108 Å². The number of carbonyl (C=O) groups is 2. The summed E-state index contributed by atoms with van der Waals surface area (Å²) in [7, 11) is 0. The lowest BCUT2D eigenvalue weighted by Crippen LogP contribution is -2.53. The van der Waals surface area contributed by atoms with Crippen LogP contribution in [0, 0.1) is 11.8 Å². The molecule has 9 rings (SSSR count). The minimum absolute atomic E-state index is 0.225. The molecule has 272 valence electrons. The topological polar surface area (TPSA) is 53.5 Å². The second-order valence-electron chi connectivity index (χ2n) is 15.9. The van der Waals surface area contributed by atoms with Gasteiger partial charge in [-0.05, 0) is 103 Å². The molecule has 2 aromatic heterocycles. The molecule has 4 fully saturated rings. The number of hydrogen-bond acceptors (Lipinski definition) is 5. The van der Waals surface area contributed by atoms with Gasteiger partial charge in [-0.15, -0.1) is 22.7 Å². The molecule has 1 unspecified atom stereocenters. The van der Waals surface area contributed by atoms with Crippen LogP contribution in [0.5, 0.6) is 0 Å². The maximum atomic E-state index is 14.1. The van der Waals surface area contributed by atoms with Gasteiger partial charge in [-0.25, -0.2) is 4.98 Å². The Morgan fingerprint density at radius 2 is 1.38 bits per heavy atom. The number of benzene rings is 3. The van der Waals surface area contributed by atoms with Crippen LogP contribution in [-0.4, -0.2) is 51.8 Å². The Balaban J connectivity index is 0.937. The van der Waals surface area contributed by atoms with Crippen molar-refractivity contribution in [2.24, 2.45) is 11.8 Å². The number of hydrogen-bond donors (Lipinski definition) is 0. The van der Waals surface area contributed by atoms with Crippen LogP contribution in [0.2, 0.25) is 0 Å². The molecule has 3 aromatic carbocycles. The van der Waals surface area contributed by atoms with Crippen LogP contribution in [0.3, 0.4) is 0 Å². The fourth-order valence-corrected chi connectivity index (χ4v) is 12.2. The number of fused-ring (bicyclic) bond motifs is 2. The molecule has 5 aromatic rings. The van der Waals surface area contributed by atoms with Crippen LogP contribution >= 0.6 is 22.7 Å². The van der Waals surface area contributed by atoms with Gasteiger partial charge in [-0.3, -0.25) is 9.59 Å². The summed E-state index contributed by atoms with van der Waals surface area (Å²) in [6.45, 7) is 1.66. The van der Waals surface area contributed by atoms with Crippen molar-refractivity contribution in [2.75, 3.05) is 13.1 Å². The van der Waals surface area contributed by atoms with Gasteiger partial charge in [0, 0.05) is 36.1 Å². The Morgan fingerprint density at radius 3 is 2.19 bits per heavy atom. The number of thiazole rings is 1. The fraction of sp³-hybridized carbons (Fsp3) is 0.413. The third-order valence-electron chi connectivity index (χ3n) is 13.1. The highest BCUT2D eigenvalue weighted by molar-refractivity contribution is 7.13. The second kappa shape index (κ2) is 15.3. The van der Waals surface area contributed by atoms with Gasteiger partial charge < -0.3 is 9.80 Å². The molecular weight excluding hydrogens is 691 g/mol. The number of thiophene rings is 1. The summed E-state index contributed by atoms with van der Waals surface area (Å²) >= 11 is 3.20. The number of piperidine rings is 2. The number of amides is 2. The number of aromatic nitrogens is 1. The standard InChI is InChI=1S/C46H49N3O2S2/c50-44(29-36-30-53-45(47-36)32-13-5-2-6-14-32)48-24-22-37(31-11-3-1-4-12-31)40-28-34(20-21-42(40)48)33-15-9-16-35(27-33)38-23-25-49(41-18-8-7-17-39(38)41)46(51)43-19-10-26-52-43/h1-6,9-16,19,26-27,30,34,37-42H,7-8,17-18,20-25,28-29H2/t34?,37-,38-,39-,40-,41+,42+/m0/s1. The van der Waals surface area contributed by atoms with E-state index >= 15 is 0 Å². The van der Waals surface area contributed by atoms with Gasteiger partial charge in [0.25, 0.3) is 5.91 Å². The zero-order chi connectivity index (χ0) is 35.7. The van der Waals surface area contributed by atoms with Crippen LogP contribution < -0.4 is 0 Å². The summed E-state index contributed by atoms with van der Waals surface area (Å²) in [6.07, 6.45) is 10.5. The molecule has 2 saturated carbocycles. The normalized spacial score (nSPS) is 27.1.